The summed E-state index contributed by atoms with van der Waals surface area (Å²) < 4.78 is 27.6. The minimum absolute atomic E-state index is 0.0271. The number of benzene rings is 2. The van der Waals surface area contributed by atoms with Crippen LogP contribution >= 0.6 is 11.6 Å². The lowest BCUT2D eigenvalue weighted by molar-refractivity contribution is 0.208. The fourth-order valence-corrected chi connectivity index (χ4v) is 2.87. The molecule has 0 aromatic heterocycles. The van der Waals surface area contributed by atoms with E-state index in [1.807, 2.05) is 4.90 Å². The number of urea groups is 1. The predicted octanol–water partition coefficient (Wildman–Crippen LogP) is 3.97. The predicted molar refractivity (Wildman–Crippen MR) is 90.6 cm³/mol. The fourth-order valence-electron chi connectivity index (χ4n) is 2.66. The number of halogens is 3. The Morgan fingerprint density at radius 2 is 1.62 bits per heavy atom. The van der Waals surface area contributed by atoms with Crippen molar-refractivity contribution in [2.45, 2.75) is 0 Å². The number of nitrogens with one attached hydrogen (secondary N) is 1. The van der Waals surface area contributed by atoms with Crippen LogP contribution < -0.4 is 10.2 Å². The summed E-state index contributed by atoms with van der Waals surface area (Å²) in [5, 5.41) is 2.65. The van der Waals surface area contributed by atoms with Crippen LogP contribution in [0.5, 0.6) is 0 Å². The Morgan fingerprint density at radius 1 is 0.958 bits per heavy atom. The number of piperazine rings is 1. The van der Waals surface area contributed by atoms with Gasteiger partial charge in [-0.25, -0.2) is 13.6 Å². The zero-order valence-corrected chi connectivity index (χ0v) is 13.6. The van der Waals surface area contributed by atoms with Gasteiger partial charge in [0.1, 0.15) is 11.6 Å². The second-order valence-corrected chi connectivity index (χ2v) is 5.86. The van der Waals surface area contributed by atoms with E-state index in [9.17, 15) is 13.6 Å². The molecule has 126 valence electrons. The quantitative estimate of drug-likeness (QED) is 0.888. The van der Waals surface area contributed by atoms with Crippen molar-refractivity contribution < 1.29 is 13.6 Å². The number of para-hydroxylation sites is 2. The highest BCUT2D eigenvalue weighted by atomic mass is 35.5. The molecule has 4 nitrogen and oxygen atoms in total. The Bertz CT molecular complexity index is 728. The van der Waals surface area contributed by atoms with Crippen LogP contribution in [0.2, 0.25) is 5.02 Å². The highest BCUT2D eigenvalue weighted by molar-refractivity contribution is 6.33. The van der Waals surface area contributed by atoms with Gasteiger partial charge in [-0.05, 0) is 24.3 Å². The second-order valence-electron chi connectivity index (χ2n) is 5.45. The Hall–Kier alpha value is -2.34. The molecule has 3 rings (SSSR count). The summed E-state index contributed by atoms with van der Waals surface area (Å²) in [5.74, 6) is -0.866. The smallest absolute Gasteiger partial charge is 0.322 e. The molecule has 0 unspecified atom stereocenters. The van der Waals surface area contributed by atoms with E-state index in [0.29, 0.717) is 31.9 Å². The molecule has 2 amide bonds. The van der Waals surface area contributed by atoms with Gasteiger partial charge < -0.3 is 15.1 Å². The van der Waals surface area contributed by atoms with Crippen LogP contribution in [-0.2, 0) is 0 Å². The number of carbonyl (C=O) groups excluding carboxylic acids is 1. The summed E-state index contributed by atoms with van der Waals surface area (Å²) in [6.07, 6.45) is 0. The standard InChI is InChI=1S/C17H16ClF2N3O/c18-12-4-3-6-14(20)16(12)21-17(24)23-10-8-22(9-11-23)15-7-2-1-5-13(15)19/h1-7H,8-11H2,(H,21,24). The van der Waals surface area contributed by atoms with Gasteiger partial charge in [-0.3, -0.25) is 0 Å². The average molecular weight is 352 g/mol. The molecular weight excluding hydrogens is 336 g/mol. The molecule has 0 spiro atoms. The zero-order chi connectivity index (χ0) is 17.1. The Morgan fingerprint density at radius 3 is 2.29 bits per heavy atom. The van der Waals surface area contributed by atoms with E-state index >= 15 is 0 Å². The van der Waals surface area contributed by atoms with Crippen molar-refractivity contribution in [2.75, 3.05) is 36.4 Å². The highest BCUT2D eigenvalue weighted by Gasteiger charge is 2.23. The lowest BCUT2D eigenvalue weighted by Crippen LogP contribution is -2.50. The number of rotatable bonds is 2. The molecule has 0 saturated carbocycles. The van der Waals surface area contributed by atoms with Gasteiger partial charge in [0.05, 0.1) is 16.4 Å². The molecule has 1 N–H and O–H groups in total. The summed E-state index contributed by atoms with van der Waals surface area (Å²) in [4.78, 5) is 15.7. The number of anilines is 2. The highest BCUT2D eigenvalue weighted by Crippen LogP contribution is 2.25. The molecule has 0 radical (unpaired) electrons. The molecule has 1 aliphatic heterocycles. The van der Waals surface area contributed by atoms with Crippen molar-refractivity contribution in [1.29, 1.82) is 0 Å². The van der Waals surface area contributed by atoms with E-state index in [0.717, 1.165) is 0 Å². The van der Waals surface area contributed by atoms with Gasteiger partial charge in [-0.15, -0.1) is 0 Å². The fraction of sp³-hybridized carbons (Fsp3) is 0.235. The third kappa shape index (κ3) is 3.43. The first-order valence-electron chi connectivity index (χ1n) is 7.55. The Kier molecular flexibility index (Phi) is 4.85. The lowest BCUT2D eigenvalue weighted by atomic mass is 10.2. The molecule has 2 aromatic rings. The van der Waals surface area contributed by atoms with Crippen molar-refractivity contribution in [3.63, 3.8) is 0 Å². The monoisotopic (exact) mass is 351 g/mol. The molecule has 0 atom stereocenters. The minimum Gasteiger partial charge on any atom is -0.366 e. The van der Waals surface area contributed by atoms with E-state index in [1.165, 1.54) is 24.3 Å². The van der Waals surface area contributed by atoms with E-state index in [4.69, 9.17) is 11.6 Å². The number of hydrogen-bond acceptors (Lipinski definition) is 2. The van der Waals surface area contributed by atoms with Crippen LogP contribution in [0.25, 0.3) is 0 Å². The van der Waals surface area contributed by atoms with E-state index < -0.39 is 11.8 Å². The summed E-state index contributed by atoms with van der Waals surface area (Å²) >= 11 is 5.91. The SMILES string of the molecule is O=C(Nc1c(F)cccc1Cl)N1CCN(c2ccccc2F)CC1. The van der Waals surface area contributed by atoms with Crippen LogP contribution in [0.4, 0.5) is 25.0 Å². The maximum Gasteiger partial charge on any atom is 0.322 e. The first-order chi connectivity index (χ1) is 11.6. The summed E-state index contributed by atoms with van der Waals surface area (Å²) in [6, 6.07) is 10.3. The second kappa shape index (κ2) is 7.05. The van der Waals surface area contributed by atoms with E-state index in [-0.39, 0.29) is 16.5 Å². The largest absolute Gasteiger partial charge is 0.366 e. The van der Waals surface area contributed by atoms with Gasteiger partial charge in [0.2, 0.25) is 0 Å². The third-order valence-electron chi connectivity index (χ3n) is 3.95. The Labute approximate surface area is 143 Å². The van der Waals surface area contributed by atoms with Crippen LogP contribution in [0.3, 0.4) is 0 Å². The normalized spacial score (nSPS) is 14.6. The van der Waals surface area contributed by atoms with Gasteiger partial charge in [-0.1, -0.05) is 29.8 Å². The van der Waals surface area contributed by atoms with Crippen LogP contribution in [0, 0.1) is 11.6 Å². The molecule has 2 aromatic carbocycles. The molecule has 1 heterocycles. The van der Waals surface area contributed by atoms with Crippen molar-refractivity contribution in [2.24, 2.45) is 0 Å². The molecule has 0 aliphatic carbocycles. The molecule has 0 bridgehead atoms. The maximum absolute atomic E-state index is 13.8. The molecule has 1 fully saturated rings. The average Bonchev–Trinajstić information content (AvgIpc) is 2.59. The van der Waals surface area contributed by atoms with Gasteiger partial charge >= 0.3 is 6.03 Å². The maximum atomic E-state index is 13.8. The van der Waals surface area contributed by atoms with Crippen molar-refractivity contribution in [1.82, 2.24) is 4.90 Å². The van der Waals surface area contributed by atoms with E-state index in [1.54, 1.807) is 23.1 Å². The molecule has 1 saturated heterocycles. The number of carbonyl (C=O) groups is 1. The number of nitrogens with zero attached hydrogens (tertiary/aromatic N) is 2. The Balaban J connectivity index is 1.62. The topological polar surface area (TPSA) is 35.6 Å². The molecule has 1 aliphatic rings. The summed E-state index contributed by atoms with van der Waals surface area (Å²) in [6.45, 7) is 1.82. The van der Waals surface area contributed by atoms with Gasteiger partial charge in [0.25, 0.3) is 0 Å². The van der Waals surface area contributed by atoms with Crippen LogP contribution in [-0.4, -0.2) is 37.1 Å². The van der Waals surface area contributed by atoms with Gasteiger partial charge in [-0.2, -0.15) is 0 Å². The lowest BCUT2D eigenvalue weighted by Gasteiger charge is -2.36. The summed E-state index contributed by atoms with van der Waals surface area (Å²) in [5.41, 5.74) is 0.496. The van der Waals surface area contributed by atoms with Gasteiger partial charge in [0, 0.05) is 26.2 Å². The number of amides is 2. The van der Waals surface area contributed by atoms with Gasteiger partial charge in [0.15, 0.2) is 0 Å². The molecular formula is C17H16ClF2N3O. The molecule has 24 heavy (non-hydrogen) atoms. The van der Waals surface area contributed by atoms with E-state index in [2.05, 4.69) is 5.32 Å². The molecule has 7 heteroatoms. The van der Waals surface area contributed by atoms with Crippen molar-refractivity contribution >= 4 is 29.0 Å². The minimum atomic E-state index is -0.583. The zero-order valence-electron chi connectivity index (χ0n) is 12.8. The first-order valence-corrected chi connectivity index (χ1v) is 7.93. The van der Waals surface area contributed by atoms with Crippen LogP contribution in [0.15, 0.2) is 42.5 Å². The van der Waals surface area contributed by atoms with Crippen molar-refractivity contribution in [3.05, 3.63) is 59.1 Å². The third-order valence-corrected chi connectivity index (χ3v) is 4.27. The van der Waals surface area contributed by atoms with Crippen molar-refractivity contribution in [3.8, 4) is 0 Å². The summed E-state index contributed by atoms with van der Waals surface area (Å²) in [7, 11) is 0. The van der Waals surface area contributed by atoms with Crippen LogP contribution in [0.1, 0.15) is 0 Å². The first kappa shape index (κ1) is 16.5. The number of hydrogen-bond donors (Lipinski definition) is 1.